The van der Waals surface area contributed by atoms with Crippen LogP contribution in [-0.4, -0.2) is 66.8 Å². The summed E-state index contributed by atoms with van der Waals surface area (Å²) in [7, 11) is 2.22. The predicted octanol–water partition coefficient (Wildman–Crippen LogP) is 2.94. The van der Waals surface area contributed by atoms with Crippen LogP contribution in [0, 0.1) is 0 Å². The molecule has 4 aromatic rings. The van der Waals surface area contributed by atoms with E-state index >= 15 is 0 Å². The van der Waals surface area contributed by atoms with E-state index in [0.717, 1.165) is 53.4 Å². The number of methoxy groups -OCH3 is 1. The van der Waals surface area contributed by atoms with Crippen LogP contribution in [0.4, 0.5) is 0 Å². The Balaban J connectivity index is 1.86. The Morgan fingerprint density at radius 3 is 2.70 bits per heavy atom. The Labute approximate surface area is 175 Å². The maximum absolute atomic E-state index is 12.1. The molecule has 3 aromatic heterocycles. The molecule has 0 atom stereocenters. The average Bonchev–Trinajstić information content (AvgIpc) is 3.32. The number of hydrogen-bond acceptors (Lipinski definition) is 6. The molecule has 1 aromatic carbocycles. The number of aromatic amines is 1. The monoisotopic (exact) mass is 427 g/mol. The second-order valence-corrected chi connectivity index (χ2v) is 9.56. The smallest absolute Gasteiger partial charge is 0.249 e. The summed E-state index contributed by atoms with van der Waals surface area (Å²) in [5.41, 5.74) is 2.84. The number of ether oxygens (including phenoxy) is 1. The van der Waals surface area contributed by atoms with Gasteiger partial charge in [-0.2, -0.15) is 0 Å². The summed E-state index contributed by atoms with van der Waals surface area (Å²) in [4.78, 5) is 13.7. The van der Waals surface area contributed by atoms with Gasteiger partial charge in [0.1, 0.15) is 11.4 Å². The minimum Gasteiger partial charge on any atom is -0.495 e. The molecule has 4 rings (SSSR count). The molecule has 0 radical (unpaired) electrons. The van der Waals surface area contributed by atoms with Crippen molar-refractivity contribution in [3.8, 4) is 17.0 Å². The van der Waals surface area contributed by atoms with Crippen LogP contribution in [0.1, 0.15) is 6.42 Å². The number of aryl methyl sites for hydroxylation is 1. The number of nitrogens with zero attached hydrogens (tertiary/aromatic N) is 4. The first kappa shape index (κ1) is 20.4. The van der Waals surface area contributed by atoms with Gasteiger partial charge >= 0.3 is 0 Å². The zero-order valence-corrected chi connectivity index (χ0v) is 18.3. The van der Waals surface area contributed by atoms with Gasteiger partial charge in [0.15, 0.2) is 0 Å². The van der Waals surface area contributed by atoms with E-state index in [0.29, 0.717) is 11.3 Å². The molecular formula is C21H25N5O3S. The average molecular weight is 428 g/mol. The SMILES string of the molecule is COc1cc(-c2nc(S(C)(=O)=O)nc3[nH]ccc23)cc2ccn(CCCN(C)C)c12. The van der Waals surface area contributed by atoms with Crippen LogP contribution in [0.2, 0.25) is 0 Å². The predicted molar refractivity (Wildman–Crippen MR) is 118 cm³/mol. The Hall–Kier alpha value is -2.91. The van der Waals surface area contributed by atoms with Crippen LogP contribution in [0.3, 0.4) is 0 Å². The van der Waals surface area contributed by atoms with Gasteiger partial charge in [0.2, 0.25) is 15.0 Å². The Bertz CT molecular complexity index is 1320. The van der Waals surface area contributed by atoms with E-state index in [1.54, 1.807) is 13.3 Å². The fraction of sp³-hybridized carbons (Fsp3) is 0.333. The minimum atomic E-state index is -3.56. The van der Waals surface area contributed by atoms with E-state index in [2.05, 4.69) is 44.7 Å². The van der Waals surface area contributed by atoms with Crippen molar-refractivity contribution in [2.24, 2.45) is 0 Å². The van der Waals surface area contributed by atoms with E-state index in [-0.39, 0.29) is 5.16 Å². The van der Waals surface area contributed by atoms with Crippen LogP contribution >= 0.6 is 0 Å². The van der Waals surface area contributed by atoms with Crippen molar-refractivity contribution >= 4 is 31.8 Å². The summed E-state index contributed by atoms with van der Waals surface area (Å²) in [6.45, 7) is 1.88. The lowest BCUT2D eigenvalue weighted by molar-refractivity contribution is 0.386. The third kappa shape index (κ3) is 3.78. The lowest BCUT2D eigenvalue weighted by Gasteiger charge is -2.13. The van der Waals surface area contributed by atoms with Gasteiger partial charge in [-0.1, -0.05) is 0 Å². The number of fused-ring (bicyclic) bond motifs is 2. The van der Waals surface area contributed by atoms with Crippen LogP contribution < -0.4 is 4.74 Å². The van der Waals surface area contributed by atoms with Gasteiger partial charge in [0.05, 0.1) is 18.3 Å². The molecule has 0 aliphatic carbocycles. The van der Waals surface area contributed by atoms with Crippen molar-refractivity contribution in [3.05, 3.63) is 36.7 Å². The van der Waals surface area contributed by atoms with Gasteiger partial charge in [0, 0.05) is 41.5 Å². The Morgan fingerprint density at radius 2 is 2.00 bits per heavy atom. The topological polar surface area (TPSA) is 93.1 Å². The normalized spacial score (nSPS) is 12.3. The highest BCUT2D eigenvalue weighted by atomic mass is 32.2. The molecule has 0 amide bonds. The fourth-order valence-electron chi connectivity index (χ4n) is 3.65. The zero-order valence-electron chi connectivity index (χ0n) is 17.5. The number of H-pyrrole nitrogens is 1. The first-order valence-corrected chi connectivity index (χ1v) is 11.5. The molecule has 30 heavy (non-hydrogen) atoms. The molecule has 0 spiro atoms. The summed E-state index contributed by atoms with van der Waals surface area (Å²) in [5.74, 6) is 0.723. The number of aromatic nitrogens is 4. The van der Waals surface area contributed by atoms with Crippen molar-refractivity contribution in [3.63, 3.8) is 0 Å². The third-order valence-corrected chi connectivity index (χ3v) is 5.90. The largest absolute Gasteiger partial charge is 0.495 e. The van der Waals surface area contributed by atoms with Crippen molar-refractivity contribution in [2.45, 2.75) is 18.1 Å². The molecule has 0 saturated carbocycles. The number of benzene rings is 1. The maximum Gasteiger partial charge on any atom is 0.249 e. The van der Waals surface area contributed by atoms with E-state index in [4.69, 9.17) is 4.74 Å². The lowest BCUT2D eigenvalue weighted by atomic mass is 10.1. The molecule has 0 bridgehead atoms. The third-order valence-electron chi connectivity index (χ3n) is 5.05. The Kier molecular flexibility index (Phi) is 5.25. The number of hydrogen-bond donors (Lipinski definition) is 1. The van der Waals surface area contributed by atoms with Crippen LogP contribution in [0.25, 0.3) is 33.2 Å². The highest BCUT2D eigenvalue weighted by molar-refractivity contribution is 7.90. The molecule has 0 fully saturated rings. The quantitative estimate of drug-likeness (QED) is 0.456. The standard InChI is InChI=1S/C21H25N5O3S/c1-25(2)9-5-10-26-11-7-14-12-15(13-17(29-3)19(14)26)18-16-6-8-22-20(16)24-21(23-18)30(4,27)28/h6-8,11-13H,5,9-10H2,1-4H3,(H,22,23,24). The first-order chi connectivity index (χ1) is 14.3. The van der Waals surface area contributed by atoms with Crippen LogP contribution in [-0.2, 0) is 16.4 Å². The van der Waals surface area contributed by atoms with Crippen molar-refractivity contribution in [1.29, 1.82) is 0 Å². The molecule has 1 N–H and O–H groups in total. The van der Waals surface area contributed by atoms with Gasteiger partial charge in [-0.15, -0.1) is 0 Å². The fourth-order valence-corrected chi connectivity index (χ4v) is 4.17. The van der Waals surface area contributed by atoms with Crippen LogP contribution in [0.5, 0.6) is 5.75 Å². The summed E-state index contributed by atoms with van der Waals surface area (Å²) < 4.78 is 32.1. The van der Waals surface area contributed by atoms with Gasteiger partial charge in [-0.05, 0) is 51.3 Å². The highest BCUT2D eigenvalue weighted by Crippen LogP contribution is 2.35. The highest BCUT2D eigenvalue weighted by Gasteiger charge is 2.19. The van der Waals surface area contributed by atoms with E-state index < -0.39 is 9.84 Å². The van der Waals surface area contributed by atoms with Crippen molar-refractivity contribution < 1.29 is 13.2 Å². The summed E-state index contributed by atoms with van der Waals surface area (Å²) >= 11 is 0. The molecule has 0 aliphatic heterocycles. The van der Waals surface area contributed by atoms with E-state index in [9.17, 15) is 8.42 Å². The van der Waals surface area contributed by atoms with Crippen LogP contribution in [0.15, 0.2) is 41.8 Å². The van der Waals surface area contributed by atoms with E-state index in [1.807, 2.05) is 24.3 Å². The van der Waals surface area contributed by atoms with Gasteiger partial charge in [0.25, 0.3) is 0 Å². The van der Waals surface area contributed by atoms with Gasteiger partial charge in [-0.3, -0.25) is 0 Å². The molecule has 0 saturated heterocycles. The summed E-state index contributed by atoms with van der Waals surface area (Å²) in [6.07, 6.45) is 5.92. The summed E-state index contributed by atoms with van der Waals surface area (Å²) in [6, 6.07) is 7.82. The molecule has 3 heterocycles. The number of rotatable bonds is 7. The first-order valence-electron chi connectivity index (χ1n) is 9.65. The molecule has 9 heteroatoms. The molecule has 158 valence electrons. The second kappa shape index (κ2) is 7.73. The number of nitrogens with one attached hydrogen (secondary N) is 1. The maximum atomic E-state index is 12.1. The van der Waals surface area contributed by atoms with Crippen molar-refractivity contribution in [1.82, 2.24) is 24.4 Å². The van der Waals surface area contributed by atoms with Gasteiger partial charge in [-0.25, -0.2) is 18.4 Å². The van der Waals surface area contributed by atoms with Crippen molar-refractivity contribution in [2.75, 3.05) is 34.0 Å². The summed E-state index contributed by atoms with van der Waals surface area (Å²) in [5, 5.41) is 1.57. The second-order valence-electron chi connectivity index (χ2n) is 7.65. The molecule has 0 unspecified atom stereocenters. The molecule has 8 nitrogen and oxygen atoms in total. The Morgan fingerprint density at radius 1 is 1.20 bits per heavy atom. The molecule has 0 aliphatic rings. The van der Waals surface area contributed by atoms with E-state index in [1.165, 1.54) is 0 Å². The van der Waals surface area contributed by atoms with Gasteiger partial charge < -0.3 is 19.2 Å². The number of sulfone groups is 1. The molecular weight excluding hydrogens is 402 g/mol. The lowest BCUT2D eigenvalue weighted by Crippen LogP contribution is -2.14. The minimum absolute atomic E-state index is 0.201. The zero-order chi connectivity index (χ0) is 21.5.